The van der Waals surface area contributed by atoms with Crippen LogP contribution in [0.15, 0.2) is 86.0 Å². The van der Waals surface area contributed by atoms with Crippen LogP contribution in [-0.4, -0.2) is 61.5 Å². The number of amides is 1. The van der Waals surface area contributed by atoms with Crippen molar-refractivity contribution in [1.29, 1.82) is 0 Å². The van der Waals surface area contributed by atoms with Crippen LogP contribution in [0.4, 0.5) is 5.82 Å². The maximum absolute atomic E-state index is 11.1. The van der Waals surface area contributed by atoms with Crippen molar-refractivity contribution in [2.45, 2.75) is 38.1 Å². The summed E-state index contributed by atoms with van der Waals surface area (Å²) in [5.74, 6) is 1.26. The minimum absolute atomic E-state index is 0.0598. The molecule has 1 saturated heterocycles. The van der Waals surface area contributed by atoms with Gasteiger partial charge in [-0.05, 0) is 92.8 Å². The van der Waals surface area contributed by atoms with Gasteiger partial charge in [0.1, 0.15) is 11.3 Å². The molecule has 5 aromatic rings. The summed E-state index contributed by atoms with van der Waals surface area (Å²) in [6.45, 7) is 5.18. The molecule has 9 heteroatoms. The van der Waals surface area contributed by atoms with Crippen LogP contribution in [0.25, 0.3) is 39.4 Å². The number of piperidine rings is 1. The number of nitrogens with two attached hydrogens (primary N) is 1. The summed E-state index contributed by atoms with van der Waals surface area (Å²) >= 11 is 0. The van der Waals surface area contributed by atoms with Crippen molar-refractivity contribution in [3.63, 3.8) is 0 Å². The molecule has 9 nitrogen and oxygen atoms in total. The molecule has 4 aromatic heterocycles. The van der Waals surface area contributed by atoms with Gasteiger partial charge in [0, 0.05) is 60.7 Å². The standard InChI is InChI=1S/C25H20N6.C9H16N2O/c26-23-21(7-3-11-28-23)24-30-22-13-19(18-6-2-10-27-14-18)15-29-25(22)31(24)20-9-8-16-4-1-5-17(16)12-20;1-3-9(12)11-6-4-8(10-2)5-7-11/h2-3,6-15H,1,4-5H2,(H2,26,28);3,8,10H,1,4-7H2,2H3. The third-order valence-corrected chi connectivity index (χ3v) is 8.30. The lowest BCUT2D eigenvalue weighted by Gasteiger charge is -2.30. The van der Waals surface area contributed by atoms with Gasteiger partial charge in [0.25, 0.3) is 0 Å². The number of aromatic nitrogens is 5. The number of fused-ring (bicyclic) bond motifs is 2. The second kappa shape index (κ2) is 12.5. The number of hydrogen-bond donors (Lipinski definition) is 2. The molecule has 1 aromatic carbocycles. The van der Waals surface area contributed by atoms with Crippen LogP contribution in [0.2, 0.25) is 0 Å². The smallest absolute Gasteiger partial charge is 0.245 e. The number of carbonyl (C=O) groups is 1. The molecule has 0 spiro atoms. The van der Waals surface area contributed by atoms with Gasteiger partial charge in [0.15, 0.2) is 11.5 Å². The molecule has 5 heterocycles. The summed E-state index contributed by atoms with van der Waals surface area (Å²) in [5, 5.41) is 3.22. The Morgan fingerprint density at radius 2 is 1.81 bits per heavy atom. The number of hydrogen-bond acceptors (Lipinski definition) is 7. The molecule has 1 aliphatic carbocycles. The minimum Gasteiger partial charge on any atom is -0.383 e. The van der Waals surface area contributed by atoms with Crippen molar-refractivity contribution in [2.24, 2.45) is 0 Å². The number of benzene rings is 1. The van der Waals surface area contributed by atoms with Gasteiger partial charge >= 0.3 is 0 Å². The highest BCUT2D eigenvalue weighted by molar-refractivity contribution is 5.87. The Labute approximate surface area is 251 Å². The Morgan fingerprint density at radius 1 is 1.00 bits per heavy atom. The first-order chi connectivity index (χ1) is 21.1. The molecule has 1 fully saturated rings. The molecular formula is C34H36N8O. The predicted octanol–water partition coefficient (Wildman–Crippen LogP) is 5.00. The molecule has 0 atom stereocenters. The fourth-order valence-corrected chi connectivity index (χ4v) is 5.90. The van der Waals surface area contributed by atoms with Gasteiger partial charge in [-0.25, -0.2) is 15.0 Å². The second-order valence-electron chi connectivity index (χ2n) is 10.9. The van der Waals surface area contributed by atoms with Crippen molar-refractivity contribution < 1.29 is 4.79 Å². The second-order valence-corrected chi connectivity index (χ2v) is 10.9. The molecule has 1 aliphatic heterocycles. The predicted molar refractivity (Wildman–Crippen MR) is 171 cm³/mol. The van der Waals surface area contributed by atoms with Gasteiger partial charge in [0.2, 0.25) is 5.91 Å². The average Bonchev–Trinajstić information content (AvgIpc) is 3.69. The number of aryl methyl sites for hydroxylation is 2. The average molecular weight is 573 g/mol. The van der Waals surface area contributed by atoms with Crippen LogP contribution in [0.1, 0.15) is 30.4 Å². The highest BCUT2D eigenvalue weighted by Crippen LogP contribution is 2.33. The third kappa shape index (κ3) is 5.89. The maximum Gasteiger partial charge on any atom is 0.245 e. The largest absolute Gasteiger partial charge is 0.383 e. The quantitative estimate of drug-likeness (QED) is 0.285. The molecule has 0 bridgehead atoms. The molecule has 43 heavy (non-hydrogen) atoms. The lowest BCUT2D eigenvalue weighted by atomic mass is 10.1. The van der Waals surface area contributed by atoms with E-state index in [2.05, 4.69) is 50.7 Å². The molecule has 7 rings (SSSR count). The molecule has 0 unspecified atom stereocenters. The summed E-state index contributed by atoms with van der Waals surface area (Å²) < 4.78 is 2.09. The van der Waals surface area contributed by atoms with Gasteiger partial charge in [-0.3, -0.25) is 14.3 Å². The van der Waals surface area contributed by atoms with E-state index in [1.54, 1.807) is 12.4 Å². The van der Waals surface area contributed by atoms with E-state index >= 15 is 0 Å². The first kappa shape index (κ1) is 28.2. The Morgan fingerprint density at radius 3 is 2.56 bits per heavy atom. The van der Waals surface area contributed by atoms with E-state index in [1.165, 1.54) is 23.6 Å². The lowest BCUT2D eigenvalue weighted by Crippen LogP contribution is -2.43. The van der Waals surface area contributed by atoms with Crippen LogP contribution >= 0.6 is 0 Å². The molecular weight excluding hydrogens is 536 g/mol. The first-order valence-electron chi connectivity index (χ1n) is 14.8. The van der Waals surface area contributed by atoms with Gasteiger partial charge in [0.05, 0.1) is 5.56 Å². The minimum atomic E-state index is 0.0598. The van der Waals surface area contributed by atoms with Gasteiger partial charge in [-0.2, -0.15) is 0 Å². The number of carbonyl (C=O) groups excluding carboxylic acids is 1. The van der Waals surface area contributed by atoms with Gasteiger partial charge in [-0.1, -0.05) is 18.7 Å². The van der Waals surface area contributed by atoms with Crippen molar-refractivity contribution in [3.05, 3.63) is 97.1 Å². The van der Waals surface area contributed by atoms with Crippen LogP contribution in [0.3, 0.4) is 0 Å². The highest BCUT2D eigenvalue weighted by Gasteiger charge is 2.21. The third-order valence-electron chi connectivity index (χ3n) is 8.30. The number of nitrogens with zero attached hydrogens (tertiary/aromatic N) is 6. The maximum atomic E-state index is 11.1. The Kier molecular flexibility index (Phi) is 8.24. The van der Waals surface area contributed by atoms with Crippen LogP contribution < -0.4 is 11.1 Å². The van der Waals surface area contributed by atoms with Crippen LogP contribution in [-0.2, 0) is 17.6 Å². The fraction of sp³-hybridized carbons (Fsp3) is 0.265. The Balaban J connectivity index is 0.000000232. The van der Waals surface area contributed by atoms with Gasteiger partial charge in [-0.15, -0.1) is 0 Å². The van der Waals surface area contributed by atoms with Gasteiger partial charge < -0.3 is 16.0 Å². The van der Waals surface area contributed by atoms with Crippen molar-refractivity contribution in [1.82, 2.24) is 34.7 Å². The van der Waals surface area contributed by atoms with E-state index < -0.39 is 0 Å². The lowest BCUT2D eigenvalue weighted by molar-refractivity contribution is -0.127. The molecule has 2 aliphatic rings. The summed E-state index contributed by atoms with van der Waals surface area (Å²) in [6.07, 6.45) is 14.1. The summed E-state index contributed by atoms with van der Waals surface area (Å²) in [5.41, 5.74) is 14.5. The van der Waals surface area contributed by atoms with Crippen LogP contribution in [0.5, 0.6) is 0 Å². The van der Waals surface area contributed by atoms with E-state index in [4.69, 9.17) is 15.7 Å². The molecule has 3 N–H and O–H groups in total. The van der Waals surface area contributed by atoms with Crippen molar-refractivity contribution in [3.8, 4) is 28.2 Å². The highest BCUT2D eigenvalue weighted by atomic mass is 16.2. The van der Waals surface area contributed by atoms with E-state index in [1.807, 2.05) is 48.6 Å². The summed E-state index contributed by atoms with van der Waals surface area (Å²) in [4.78, 5) is 31.3. The number of pyridine rings is 3. The molecule has 0 saturated carbocycles. The summed E-state index contributed by atoms with van der Waals surface area (Å²) in [7, 11) is 1.97. The van der Waals surface area contributed by atoms with E-state index in [0.717, 1.165) is 78.1 Å². The fourth-order valence-electron chi connectivity index (χ4n) is 5.90. The van der Waals surface area contributed by atoms with Crippen molar-refractivity contribution in [2.75, 3.05) is 25.9 Å². The topological polar surface area (TPSA) is 115 Å². The monoisotopic (exact) mass is 572 g/mol. The zero-order chi connectivity index (χ0) is 29.8. The number of rotatable bonds is 5. The normalized spacial score (nSPS) is 14.7. The van der Waals surface area contributed by atoms with E-state index in [0.29, 0.717) is 11.9 Å². The Bertz CT molecular complexity index is 1760. The molecule has 218 valence electrons. The zero-order valence-electron chi connectivity index (χ0n) is 24.4. The van der Waals surface area contributed by atoms with E-state index in [9.17, 15) is 4.79 Å². The first-order valence-corrected chi connectivity index (χ1v) is 14.8. The number of anilines is 1. The van der Waals surface area contributed by atoms with E-state index in [-0.39, 0.29) is 5.91 Å². The Hall–Kier alpha value is -4.89. The molecule has 1 amide bonds. The number of imidazole rings is 1. The number of nitrogen functional groups attached to an aromatic ring is 1. The summed E-state index contributed by atoms with van der Waals surface area (Å²) in [6, 6.07) is 17.1. The number of likely N-dealkylation sites (tertiary alicyclic amines) is 1. The number of nitrogens with one attached hydrogen (secondary N) is 1. The SMILES string of the molecule is C=CC(=O)N1CCC(NC)CC1.Nc1ncccc1-c1nc2cc(-c3cccnc3)cnc2n1-c1ccc2c(c1)CCC2. The van der Waals surface area contributed by atoms with Crippen molar-refractivity contribution >= 4 is 22.9 Å². The molecule has 0 radical (unpaired) electrons. The van der Waals surface area contributed by atoms with Crippen LogP contribution in [0, 0.1) is 0 Å². The zero-order valence-corrected chi connectivity index (χ0v) is 24.4.